The van der Waals surface area contributed by atoms with E-state index in [1.165, 1.54) is 11.3 Å². The van der Waals surface area contributed by atoms with Crippen LogP contribution in [0.25, 0.3) is 0 Å². The topological polar surface area (TPSA) is 142 Å². The van der Waals surface area contributed by atoms with Crippen molar-refractivity contribution in [3.63, 3.8) is 0 Å². The van der Waals surface area contributed by atoms with Crippen LogP contribution < -0.4 is 15.0 Å². The number of hydrogen-bond acceptors (Lipinski definition) is 11. The van der Waals surface area contributed by atoms with Gasteiger partial charge in [0.2, 0.25) is 5.91 Å². The van der Waals surface area contributed by atoms with E-state index in [0.29, 0.717) is 65.5 Å². The van der Waals surface area contributed by atoms with E-state index in [-0.39, 0.29) is 36.0 Å². The molecule has 0 bridgehead atoms. The van der Waals surface area contributed by atoms with Gasteiger partial charge in [0.05, 0.1) is 57.7 Å². The van der Waals surface area contributed by atoms with E-state index in [2.05, 4.69) is 57.5 Å². The number of aryl methyl sites for hydroxylation is 1. The van der Waals surface area contributed by atoms with Crippen molar-refractivity contribution in [1.82, 2.24) is 15.6 Å². The summed E-state index contributed by atoms with van der Waals surface area (Å²) in [6.07, 6.45) is 6.04. The monoisotopic (exact) mass is 762 g/mol. The minimum Gasteiger partial charge on any atom is -0.494 e. The van der Waals surface area contributed by atoms with Crippen LogP contribution in [-0.2, 0) is 43.5 Å². The molecule has 0 aromatic heterocycles. The molecule has 0 spiro atoms. The number of carbonyl (C=O) groups excluding carboxylic acids is 2. The lowest BCUT2D eigenvalue weighted by Crippen LogP contribution is -2.47. The molecule has 0 saturated carbocycles. The SMILES string of the molecule is CC(=O)NCCN1CCCc2ccc(COC3CN(C(=O)OCCCCCCON(O)O)CCC3c3ccc(OCCCOCc4ccccc4)cc3)cc21. The molecule has 3 aromatic rings. The fraction of sp³-hybridized carbons (Fsp3) is 0.524. The molecule has 13 heteroatoms. The maximum Gasteiger partial charge on any atom is 0.409 e. The Labute approximate surface area is 324 Å². The molecule has 1 fully saturated rings. The lowest BCUT2D eigenvalue weighted by Gasteiger charge is -2.38. The number of carbonyl (C=O) groups is 2. The van der Waals surface area contributed by atoms with E-state index in [1.54, 1.807) is 11.8 Å². The number of anilines is 1. The van der Waals surface area contributed by atoms with E-state index < -0.39 is 0 Å². The Morgan fingerprint density at radius 1 is 0.855 bits per heavy atom. The summed E-state index contributed by atoms with van der Waals surface area (Å²) in [7, 11) is 0. The van der Waals surface area contributed by atoms with E-state index in [1.807, 2.05) is 30.3 Å². The van der Waals surface area contributed by atoms with Gasteiger partial charge in [0.15, 0.2) is 0 Å². The molecule has 2 atom stereocenters. The van der Waals surface area contributed by atoms with Gasteiger partial charge in [-0.15, -0.1) is 0 Å². The molecule has 3 N–H and O–H groups in total. The number of piperidine rings is 1. The van der Waals surface area contributed by atoms with Gasteiger partial charge in [-0.1, -0.05) is 61.0 Å². The second-order valence-electron chi connectivity index (χ2n) is 14.2. The fourth-order valence-electron chi connectivity index (χ4n) is 7.10. The summed E-state index contributed by atoms with van der Waals surface area (Å²) in [5.41, 5.74) is 5.86. The van der Waals surface area contributed by atoms with Crippen LogP contribution in [0.4, 0.5) is 10.5 Å². The van der Waals surface area contributed by atoms with Crippen LogP contribution >= 0.6 is 0 Å². The van der Waals surface area contributed by atoms with Crippen molar-refractivity contribution in [2.24, 2.45) is 0 Å². The first kappa shape index (κ1) is 41.9. The first-order chi connectivity index (χ1) is 26.9. The summed E-state index contributed by atoms with van der Waals surface area (Å²) in [6, 6.07) is 24.9. The quantitative estimate of drug-likeness (QED) is 0.0749. The second-order valence-corrected chi connectivity index (χ2v) is 14.2. The molecular weight excluding hydrogens is 704 g/mol. The summed E-state index contributed by atoms with van der Waals surface area (Å²) in [6.45, 7) is 7.50. The molecule has 0 radical (unpaired) electrons. The number of rotatable bonds is 22. The zero-order valence-corrected chi connectivity index (χ0v) is 32.1. The lowest BCUT2D eigenvalue weighted by molar-refractivity contribution is -0.492. The number of fused-ring (bicyclic) bond motifs is 1. The third-order valence-electron chi connectivity index (χ3n) is 9.99. The maximum absolute atomic E-state index is 13.2. The van der Waals surface area contributed by atoms with Crippen molar-refractivity contribution in [3.05, 3.63) is 95.1 Å². The Balaban J connectivity index is 1.16. The Bertz CT molecular complexity index is 1580. The van der Waals surface area contributed by atoms with Crippen LogP contribution in [0.2, 0.25) is 0 Å². The van der Waals surface area contributed by atoms with E-state index in [4.69, 9.17) is 29.4 Å². The maximum atomic E-state index is 13.2. The number of nitrogens with zero attached hydrogens (tertiary/aromatic N) is 3. The van der Waals surface area contributed by atoms with Crippen LogP contribution in [0.15, 0.2) is 72.8 Å². The van der Waals surface area contributed by atoms with Crippen LogP contribution in [0.1, 0.15) is 80.0 Å². The Kier molecular flexibility index (Phi) is 17.5. The molecule has 13 nitrogen and oxygen atoms in total. The predicted octanol–water partition coefficient (Wildman–Crippen LogP) is 6.64. The van der Waals surface area contributed by atoms with Gasteiger partial charge in [0, 0.05) is 51.1 Å². The summed E-state index contributed by atoms with van der Waals surface area (Å²) in [4.78, 5) is 33.3. The van der Waals surface area contributed by atoms with Gasteiger partial charge in [-0.25, -0.2) is 4.79 Å². The van der Waals surface area contributed by atoms with Crippen molar-refractivity contribution in [3.8, 4) is 5.75 Å². The van der Waals surface area contributed by atoms with Crippen LogP contribution in [-0.4, -0.2) is 98.0 Å². The number of likely N-dealkylation sites (tertiary alicyclic amines) is 1. The summed E-state index contributed by atoms with van der Waals surface area (Å²) in [5, 5.41) is 19.9. The number of amides is 2. The average Bonchev–Trinajstić information content (AvgIpc) is 3.19. The molecular formula is C42H58N4O9. The number of hydrogen-bond donors (Lipinski definition) is 3. The molecule has 55 heavy (non-hydrogen) atoms. The van der Waals surface area contributed by atoms with Crippen molar-refractivity contribution in [2.45, 2.75) is 83.5 Å². The number of benzene rings is 3. The van der Waals surface area contributed by atoms with E-state index in [9.17, 15) is 9.59 Å². The van der Waals surface area contributed by atoms with Crippen LogP contribution in [0, 0.1) is 0 Å². The molecule has 0 aliphatic carbocycles. The minimum atomic E-state index is -0.341. The largest absolute Gasteiger partial charge is 0.494 e. The number of nitrogens with one attached hydrogen (secondary N) is 1. The molecule has 1 saturated heterocycles. The lowest BCUT2D eigenvalue weighted by atomic mass is 9.87. The third kappa shape index (κ3) is 14.4. The zero-order chi connectivity index (χ0) is 38.7. The minimum absolute atomic E-state index is 0.0246. The average molecular weight is 763 g/mol. The van der Waals surface area contributed by atoms with Gasteiger partial charge in [0.1, 0.15) is 5.75 Å². The molecule has 2 aliphatic heterocycles. The summed E-state index contributed by atoms with van der Waals surface area (Å²) < 4.78 is 24.2. The van der Waals surface area contributed by atoms with Gasteiger partial charge in [-0.2, -0.15) is 0 Å². The highest BCUT2D eigenvalue weighted by atomic mass is 17.1. The Morgan fingerprint density at radius 3 is 2.44 bits per heavy atom. The van der Waals surface area contributed by atoms with Crippen LogP contribution in [0.5, 0.6) is 5.75 Å². The molecule has 2 heterocycles. The van der Waals surface area contributed by atoms with Crippen molar-refractivity contribution < 1.29 is 43.8 Å². The van der Waals surface area contributed by atoms with Crippen molar-refractivity contribution in [2.75, 3.05) is 64.1 Å². The highest BCUT2D eigenvalue weighted by Crippen LogP contribution is 2.34. The van der Waals surface area contributed by atoms with Gasteiger partial charge < -0.3 is 34.1 Å². The van der Waals surface area contributed by atoms with E-state index >= 15 is 0 Å². The third-order valence-corrected chi connectivity index (χ3v) is 9.99. The van der Waals surface area contributed by atoms with Gasteiger partial charge in [-0.05, 0) is 79.0 Å². The standard InChI is InChI=1S/C42H58N4O9/c1-33(47)43-21-24-44-22-9-13-37-15-14-35(29-40(37)44)32-54-41-30-45(42(48)53-26-7-2-3-8-28-55-46(49)50)23-20-39(41)36-16-18-38(19-17-36)52-27-10-25-51-31-34-11-5-4-6-12-34/h4-6,11-12,14-19,29,39,41,49-50H,2-3,7-10,13,20-28,30-32H2,1H3,(H,43,47). The zero-order valence-electron chi connectivity index (χ0n) is 32.1. The van der Waals surface area contributed by atoms with Gasteiger partial charge in [0.25, 0.3) is 0 Å². The smallest absolute Gasteiger partial charge is 0.409 e. The van der Waals surface area contributed by atoms with Crippen molar-refractivity contribution in [1.29, 1.82) is 0 Å². The number of ether oxygens (including phenoxy) is 4. The number of unbranched alkanes of at least 4 members (excludes halogenated alkanes) is 3. The molecule has 2 unspecified atom stereocenters. The summed E-state index contributed by atoms with van der Waals surface area (Å²) in [5.74, 6) is 0.856. The Hall–Kier alpha value is -4.24. The predicted molar refractivity (Wildman–Crippen MR) is 207 cm³/mol. The fourth-order valence-corrected chi connectivity index (χ4v) is 7.10. The van der Waals surface area contributed by atoms with Crippen molar-refractivity contribution >= 4 is 17.7 Å². The second kappa shape index (κ2) is 23.0. The normalized spacial score (nSPS) is 16.9. The van der Waals surface area contributed by atoms with E-state index in [0.717, 1.165) is 74.1 Å². The summed E-state index contributed by atoms with van der Waals surface area (Å²) >= 11 is 0. The molecule has 300 valence electrons. The molecule has 2 aliphatic rings. The first-order valence-electron chi connectivity index (χ1n) is 19.7. The molecule has 3 aromatic carbocycles. The first-order valence-corrected chi connectivity index (χ1v) is 19.7. The highest BCUT2D eigenvalue weighted by Gasteiger charge is 2.34. The van der Waals surface area contributed by atoms with Gasteiger partial charge in [-0.3, -0.25) is 20.0 Å². The molecule has 2 amide bonds. The molecule has 5 rings (SSSR count). The van der Waals surface area contributed by atoms with Crippen LogP contribution in [0.3, 0.4) is 0 Å². The van der Waals surface area contributed by atoms with Gasteiger partial charge >= 0.3 is 6.09 Å². The highest BCUT2D eigenvalue weighted by molar-refractivity contribution is 5.72. The Morgan fingerprint density at radius 2 is 1.65 bits per heavy atom.